The second kappa shape index (κ2) is 3.71. The Bertz CT molecular complexity index is 348. The summed E-state index contributed by atoms with van der Waals surface area (Å²) in [6.45, 7) is 0. The predicted octanol–water partition coefficient (Wildman–Crippen LogP) is 3.36. The smallest absolute Gasteiger partial charge is 0.0194 e. The van der Waals surface area contributed by atoms with E-state index >= 15 is 0 Å². The average Bonchev–Trinajstić information content (AvgIpc) is 2.75. The van der Waals surface area contributed by atoms with Crippen molar-refractivity contribution in [2.75, 3.05) is 6.26 Å². The van der Waals surface area contributed by atoms with E-state index in [4.69, 9.17) is 0 Å². The van der Waals surface area contributed by atoms with Gasteiger partial charge < -0.3 is 0 Å². The van der Waals surface area contributed by atoms with Gasteiger partial charge in [0.05, 0.1) is 0 Å². The van der Waals surface area contributed by atoms with Gasteiger partial charge in [-0.05, 0) is 17.4 Å². The molecule has 0 heterocycles. The van der Waals surface area contributed by atoms with Crippen molar-refractivity contribution in [2.45, 2.75) is 5.25 Å². The van der Waals surface area contributed by atoms with Crippen molar-refractivity contribution in [3.05, 3.63) is 60.4 Å². The lowest BCUT2D eigenvalue weighted by Gasteiger charge is -1.97. The van der Waals surface area contributed by atoms with Gasteiger partial charge in [0.1, 0.15) is 0 Å². The highest BCUT2D eigenvalue weighted by Crippen LogP contribution is 2.57. The lowest BCUT2D eigenvalue weighted by molar-refractivity contribution is 0.924. The van der Waals surface area contributed by atoms with Crippen molar-refractivity contribution < 1.29 is 0 Å². The third-order valence-corrected chi connectivity index (χ3v) is 4.50. The molecule has 0 aromatic heterocycles. The molecule has 15 heavy (non-hydrogen) atoms. The summed E-state index contributed by atoms with van der Waals surface area (Å²) < 4.78 is 0. The van der Waals surface area contributed by atoms with Crippen LogP contribution in [-0.4, -0.2) is 11.5 Å². The van der Waals surface area contributed by atoms with Crippen molar-refractivity contribution >= 4 is 11.8 Å². The fraction of sp³-hybridized carbons (Fsp3) is 0.286. The van der Waals surface area contributed by atoms with Gasteiger partial charge in [-0.1, -0.05) is 36.5 Å². The molecule has 3 aliphatic carbocycles. The summed E-state index contributed by atoms with van der Waals surface area (Å²) in [6.07, 6.45) is 19.9. The van der Waals surface area contributed by atoms with Gasteiger partial charge >= 0.3 is 0 Å². The van der Waals surface area contributed by atoms with Crippen LogP contribution in [-0.2, 0) is 0 Å². The van der Waals surface area contributed by atoms with Crippen LogP contribution in [0.5, 0.6) is 0 Å². The number of hydrogen-bond acceptors (Lipinski definition) is 1. The van der Waals surface area contributed by atoms with Crippen LogP contribution in [0.1, 0.15) is 0 Å². The molecule has 3 rings (SSSR count). The highest BCUT2D eigenvalue weighted by Gasteiger charge is 2.52. The van der Waals surface area contributed by atoms with Crippen LogP contribution in [0.25, 0.3) is 0 Å². The van der Waals surface area contributed by atoms with E-state index in [0.29, 0.717) is 0 Å². The maximum atomic E-state index is 2.26. The van der Waals surface area contributed by atoms with E-state index in [9.17, 15) is 0 Å². The van der Waals surface area contributed by atoms with Gasteiger partial charge in [-0.2, -0.15) is 11.8 Å². The molecule has 0 amide bonds. The number of allylic oxidation sites excluding steroid dienone is 8. The average molecular weight is 214 g/mol. The van der Waals surface area contributed by atoms with E-state index in [2.05, 4.69) is 55.6 Å². The molecule has 3 aliphatic rings. The fourth-order valence-electron chi connectivity index (χ4n) is 2.59. The second-order valence-corrected chi connectivity index (χ2v) is 5.20. The molecule has 2 atom stereocenters. The molecular weight excluding hydrogens is 200 g/mol. The SMILES string of the molecule is CSC1C(C2=C[CH]C=C2)C1C1=C[CH]C=C1. The van der Waals surface area contributed by atoms with Crippen LogP contribution in [0.2, 0.25) is 0 Å². The minimum Gasteiger partial charge on any atom is -0.161 e. The number of thioether (sulfide) groups is 1. The van der Waals surface area contributed by atoms with Crippen LogP contribution in [0, 0.1) is 24.7 Å². The Labute approximate surface area is 95.8 Å². The normalized spacial score (nSPS) is 37.0. The lowest BCUT2D eigenvalue weighted by Crippen LogP contribution is -1.85. The second-order valence-electron chi connectivity index (χ2n) is 4.19. The maximum Gasteiger partial charge on any atom is 0.0194 e. The van der Waals surface area contributed by atoms with Gasteiger partial charge in [-0.25, -0.2) is 0 Å². The van der Waals surface area contributed by atoms with Gasteiger partial charge in [0.15, 0.2) is 0 Å². The van der Waals surface area contributed by atoms with Crippen LogP contribution in [0.3, 0.4) is 0 Å². The zero-order valence-electron chi connectivity index (χ0n) is 8.76. The van der Waals surface area contributed by atoms with Crippen molar-refractivity contribution in [3.8, 4) is 0 Å². The summed E-state index contributed by atoms with van der Waals surface area (Å²) in [5.74, 6) is 1.50. The van der Waals surface area contributed by atoms with E-state index in [-0.39, 0.29) is 0 Å². The summed E-state index contributed by atoms with van der Waals surface area (Å²) >= 11 is 2.00. The largest absolute Gasteiger partial charge is 0.161 e. The third kappa shape index (κ3) is 1.53. The zero-order valence-corrected chi connectivity index (χ0v) is 9.58. The third-order valence-electron chi connectivity index (χ3n) is 3.37. The topological polar surface area (TPSA) is 0 Å². The first-order valence-electron chi connectivity index (χ1n) is 5.38. The van der Waals surface area contributed by atoms with E-state index < -0.39 is 0 Å². The Morgan fingerprint density at radius 1 is 0.933 bits per heavy atom. The first-order chi connectivity index (χ1) is 7.42. The van der Waals surface area contributed by atoms with Gasteiger partial charge in [0, 0.05) is 29.9 Å². The molecule has 0 aromatic carbocycles. The molecule has 2 radical (unpaired) electrons. The van der Waals surface area contributed by atoms with Gasteiger partial charge in [0.2, 0.25) is 0 Å². The van der Waals surface area contributed by atoms with Crippen LogP contribution < -0.4 is 0 Å². The van der Waals surface area contributed by atoms with Crippen LogP contribution in [0.4, 0.5) is 0 Å². The molecule has 0 aliphatic heterocycles. The molecule has 2 unspecified atom stereocenters. The Balaban J connectivity index is 1.80. The molecule has 0 spiro atoms. The quantitative estimate of drug-likeness (QED) is 0.694. The molecule has 1 fully saturated rings. The molecule has 0 saturated heterocycles. The molecule has 1 heteroatoms. The first-order valence-corrected chi connectivity index (χ1v) is 6.66. The summed E-state index contributed by atoms with van der Waals surface area (Å²) in [6, 6.07) is 0. The summed E-state index contributed by atoms with van der Waals surface area (Å²) in [5.41, 5.74) is 3.03. The summed E-state index contributed by atoms with van der Waals surface area (Å²) in [5, 5.41) is 0.787. The number of rotatable bonds is 3. The molecule has 0 nitrogen and oxygen atoms in total. The summed E-state index contributed by atoms with van der Waals surface area (Å²) in [4.78, 5) is 0. The monoisotopic (exact) mass is 214 g/mol. The van der Waals surface area contributed by atoms with Crippen molar-refractivity contribution in [3.63, 3.8) is 0 Å². The Morgan fingerprint density at radius 3 is 1.80 bits per heavy atom. The van der Waals surface area contributed by atoms with Crippen LogP contribution >= 0.6 is 11.8 Å². The minimum absolute atomic E-state index is 0.748. The highest BCUT2D eigenvalue weighted by molar-refractivity contribution is 7.99. The van der Waals surface area contributed by atoms with Crippen molar-refractivity contribution in [1.29, 1.82) is 0 Å². The predicted molar refractivity (Wildman–Crippen MR) is 67.3 cm³/mol. The molecular formula is C14H14S. The van der Waals surface area contributed by atoms with E-state index in [0.717, 1.165) is 17.1 Å². The molecule has 0 N–H and O–H groups in total. The Morgan fingerprint density at radius 2 is 1.47 bits per heavy atom. The van der Waals surface area contributed by atoms with E-state index in [1.807, 2.05) is 11.8 Å². The standard InChI is InChI=1S/C14H14S/c1-15-14-12(10-6-2-3-7-10)13(14)11-8-4-5-9-11/h2-9,12-14H,1H3. The molecule has 0 aromatic rings. The minimum atomic E-state index is 0.748. The van der Waals surface area contributed by atoms with E-state index in [1.165, 1.54) is 11.1 Å². The Hall–Kier alpha value is -0.690. The summed E-state index contributed by atoms with van der Waals surface area (Å²) in [7, 11) is 0. The number of hydrogen-bond donors (Lipinski definition) is 0. The van der Waals surface area contributed by atoms with Gasteiger partial charge in [-0.3, -0.25) is 0 Å². The molecule has 0 bridgehead atoms. The lowest BCUT2D eigenvalue weighted by atomic mass is 10.1. The molecule has 76 valence electrons. The molecule has 1 saturated carbocycles. The Kier molecular flexibility index (Phi) is 2.36. The van der Waals surface area contributed by atoms with Crippen LogP contribution in [0.15, 0.2) is 47.6 Å². The fourth-order valence-corrected chi connectivity index (χ4v) is 3.74. The maximum absolute atomic E-state index is 2.26. The van der Waals surface area contributed by atoms with Crippen molar-refractivity contribution in [1.82, 2.24) is 0 Å². The van der Waals surface area contributed by atoms with E-state index in [1.54, 1.807) is 0 Å². The first kappa shape index (κ1) is 9.53. The van der Waals surface area contributed by atoms with Crippen molar-refractivity contribution in [2.24, 2.45) is 11.8 Å². The highest BCUT2D eigenvalue weighted by atomic mass is 32.2. The zero-order chi connectivity index (χ0) is 10.3. The van der Waals surface area contributed by atoms with Gasteiger partial charge in [0.25, 0.3) is 0 Å². The van der Waals surface area contributed by atoms with Gasteiger partial charge in [-0.15, -0.1) is 0 Å².